The summed E-state index contributed by atoms with van der Waals surface area (Å²) in [4.78, 5) is 41.8. The van der Waals surface area contributed by atoms with E-state index in [1.165, 1.54) is 35.6 Å². The Labute approximate surface area is 247 Å². The number of anilines is 2. The van der Waals surface area contributed by atoms with E-state index >= 15 is 0 Å². The minimum absolute atomic E-state index is 0.118. The highest BCUT2D eigenvalue weighted by molar-refractivity contribution is 7.98. The van der Waals surface area contributed by atoms with Crippen molar-refractivity contribution in [3.8, 4) is 16.2 Å². The number of aromatic nitrogens is 1. The molecule has 0 radical (unpaired) electrons. The van der Waals surface area contributed by atoms with E-state index in [0.29, 0.717) is 42.1 Å². The van der Waals surface area contributed by atoms with Gasteiger partial charge in [0.05, 0.1) is 24.4 Å². The van der Waals surface area contributed by atoms with Crippen molar-refractivity contribution in [2.24, 2.45) is 5.73 Å². The van der Waals surface area contributed by atoms with Gasteiger partial charge in [0.2, 0.25) is 0 Å². The van der Waals surface area contributed by atoms with Crippen LogP contribution in [0, 0.1) is 10.1 Å². The SMILES string of the molecule is C=S(=O)(NC(C)(C)C)c1cc(NC(=O)Oc2ccc([N+](=O)[O-])cc2)ccc1-c1cnc(N2CCC(OC(N)=O)CC2)s1. The van der Waals surface area contributed by atoms with E-state index in [0.717, 1.165) is 10.0 Å². The number of piperidine rings is 1. The number of benzene rings is 2. The molecular formula is C27H32N6O7S2. The Morgan fingerprint density at radius 3 is 2.45 bits per heavy atom. The molecule has 42 heavy (non-hydrogen) atoms. The van der Waals surface area contributed by atoms with Gasteiger partial charge in [-0.1, -0.05) is 17.4 Å². The van der Waals surface area contributed by atoms with E-state index in [2.05, 4.69) is 25.8 Å². The van der Waals surface area contributed by atoms with E-state index in [9.17, 15) is 23.9 Å². The first-order valence-electron chi connectivity index (χ1n) is 12.9. The Morgan fingerprint density at radius 2 is 1.86 bits per heavy atom. The Bertz CT molecular complexity index is 1570. The molecule has 4 N–H and O–H groups in total. The highest BCUT2D eigenvalue weighted by atomic mass is 32.2. The van der Waals surface area contributed by atoms with Gasteiger partial charge in [-0.25, -0.2) is 23.5 Å². The molecule has 0 saturated carbocycles. The highest BCUT2D eigenvalue weighted by Gasteiger charge is 2.26. The van der Waals surface area contributed by atoms with Gasteiger partial charge in [0.25, 0.3) is 5.69 Å². The lowest BCUT2D eigenvalue weighted by Gasteiger charge is -2.30. The minimum Gasteiger partial charge on any atom is -0.446 e. The number of primary amides is 1. The number of rotatable bonds is 8. The van der Waals surface area contributed by atoms with Crippen molar-refractivity contribution in [3.63, 3.8) is 0 Å². The van der Waals surface area contributed by atoms with Gasteiger partial charge in [0, 0.05) is 61.1 Å². The number of nitro groups is 1. The van der Waals surface area contributed by atoms with Gasteiger partial charge in [0.15, 0.2) is 5.13 Å². The maximum atomic E-state index is 13.9. The number of hydrogen-bond donors (Lipinski definition) is 3. The second-order valence-corrected chi connectivity index (χ2v) is 13.6. The zero-order valence-electron chi connectivity index (χ0n) is 23.3. The number of nitro benzene ring substituents is 1. The highest BCUT2D eigenvalue weighted by Crippen LogP contribution is 2.37. The van der Waals surface area contributed by atoms with Crippen LogP contribution in [0.2, 0.25) is 0 Å². The first-order valence-corrected chi connectivity index (χ1v) is 15.5. The normalized spacial score (nSPS) is 15.5. The lowest BCUT2D eigenvalue weighted by molar-refractivity contribution is -0.384. The molecule has 2 heterocycles. The number of thiazole rings is 1. The molecule has 15 heteroatoms. The lowest BCUT2D eigenvalue weighted by atomic mass is 10.1. The average Bonchev–Trinajstić information content (AvgIpc) is 3.38. The minimum atomic E-state index is -3.06. The third-order valence-corrected chi connectivity index (χ3v) is 9.15. The molecule has 1 aliphatic rings. The van der Waals surface area contributed by atoms with E-state index in [-0.39, 0.29) is 17.5 Å². The smallest absolute Gasteiger partial charge is 0.417 e. The van der Waals surface area contributed by atoms with Crippen LogP contribution in [0.5, 0.6) is 5.75 Å². The zero-order chi connectivity index (χ0) is 30.7. The van der Waals surface area contributed by atoms with Crippen molar-refractivity contribution in [1.82, 2.24) is 9.71 Å². The topological polar surface area (TPSA) is 179 Å². The summed E-state index contributed by atoms with van der Waals surface area (Å²) in [5.74, 6) is 4.11. The van der Waals surface area contributed by atoms with Gasteiger partial charge in [-0.05, 0) is 50.9 Å². The van der Waals surface area contributed by atoms with Gasteiger partial charge in [-0.2, -0.15) is 0 Å². The summed E-state index contributed by atoms with van der Waals surface area (Å²) >= 11 is 1.42. The molecule has 1 fully saturated rings. The van der Waals surface area contributed by atoms with Crippen molar-refractivity contribution in [2.45, 2.75) is 50.2 Å². The molecule has 2 amide bonds. The van der Waals surface area contributed by atoms with E-state index in [4.69, 9.17) is 15.2 Å². The van der Waals surface area contributed by atoms with Crippen LogP contribution in [0.25, 0.3) is 10.4 Å². The van der Waals surface area contributed by atoms with Crippen molar-refractivity contribution < 1.29 is 28.2 Å². The molecule has 1 saturated heterocycles. The summed E-state index contributed by atoms with van der Waals surface area (Å²) in [7, 11) is -3.06. The summed E-state index contributed by atoms with van der Waals surface area (Å²) in [6.45, 7) is 6.89. The molecule has 2 aromatic carbocycles. The second-order valence-electron chi connectivity index (χ2n) is 10.6. The third-order valence-electron chi connectivity index (χ3n) is 6.07. The molecule has 1 aromatic heterocycles. The van der Waals surface area contributed by atoms with E-state index < -0.39 is 32.4 Å². The monoisotopic (exact) mass is 616 g/mol. The summed E-state index contributed by atoms with van der Waals surface area (Å²) < 4.78 is 27.4. The van der Waals surface area contributed by atoms with Crippen LogP contribution in [0.15, 0.2) is 53.6 Å². The summed E-state index contributed by atoms with van der Waals surface area (Å²) in [5, 5.41) is 14.2. The zero-order valence-corrected chi connectivity index (χ0v) is 25.0. The molecule has 1 atom stereocenters. The van der Waals surface area contributed by atoms with Crippen molar-refractivity contribution in [2.75, 3.05) is 23.3 Å². The Hall–Kier alpha value is -4.21. The van der Waals surface area contributed by atoms with Crippen molar-refractivity contribution in [1.29, 1.82) is 0 Å². The number of carbonyl (C=O) groups is 2. The van der Waals surface area contributed by atoms with Gasteiger partial charge < -0.3 is 20.1 Å². The summed E-state index contributed by atoms with van der Waals surface area (Å²) in [5.41, 5.74) is 5.42. The Kier molecular flexibility index (Phi) is 9.03. The average molecular weight is 617 g/mol. The maximum absolute atomic E-state index is 13.9. The molecule has 13 nitrogen and oxygen atoms in total. The molecule has 3 aromatic rings. The number of nitrogens with zero attached hydrogens (tertiary/aromatic N) is 3. The van der Waals surface area contributed by atoms with Crippen LogP contribution in [0.3, 0.4) is 0 Å². The fourth-order valence-corrected chi connectivity index (χ4v) is 7.40. The van der Waals surface area contributed by atoms with Crippen LogP contribution in [0.1, 0.15) is 33.6 Å². The predicted octanol–water partition coefficient (Wildman–Crippen LogP) is 4.77. The number of nitrogens with two attached hydrogens (primary N) is 1. The summed E-state index contributed by atoms with van der Waals surface area (Å²) in [6.07, 6.45) is 1.12. The fourth-order valence-electron chi connectivity index (χ4n) is 4.38. The van der Waals surface area contributed by atoms with Crippen LogP contribution in [-0.2, 0) is 14.4 Å². The fraction of sp³-hybridized carbons (Fsp3) is 0.333. The van der Waals surface area contributed by atoms with Crippen LogP contribution < -0.4 is 25.4 Å². The number of carbonyl (C=O) groups excluding carboxylic acids is 2. The van der Waals surface area contributed by atoms with Crippen LogP contribution >= 0.6 is 11.3 Å². The van der Waals surface area contributed by atoms with Crippen LogP contribution in [-0.4, -0.2) is 56.9 Å². The number of hydrogen-bond acceptors (Lipinski definition) is 10. The largest absolute Gasteiger partial charge is 0.446 e. The van der Waals surface area contributed by atoms with Gasteiger partial charge in [0.1, 0.15) is 11.9 Å². The number of nitrogens with one attached hydrogen (secondary N) is 2. The van der Waals surface area contributed by atoms with E-state index in [1.54, 1.807) is 24.4 Å². The summed E-state index contributed by atoms with van der Waals surface area (Å²) in [6, 6.07) is 10.0. The lowest BCUT2D eigenvalue weighted by Crippen LogP contribution is -2.40. The Morgan fingerprint density at radius 1 is 1.19 bits per heavy atom. The molecule has 0 aliphatic carbocycles. The first-order chi connectivity index (χ1) is 19.7. The van der Waals surface area contributed by atoms with Crippen molar-refractivity contribution in [3.05, 3.63) is 58.8 Å². The quantitative estimate of drug-likeness (QED) is 0.183. The molecule has 224 valence electrons. The van der Waals surface area contributed by atoms with Gasteiger partial charge in [-0.15, -0.1) is 0 Å². The van der Waals surface area contributed by atoms with Crippen LogP contribution in [0.4, 0.5) is 26.1 Å². The van der Waals surface area contributed by atoms with E-state index in [1.807, 2.05) is 20.8 Å². The molecule has 1 unspecified atom stereocenters. The number of ether oxygens (including phenoxy) is 2. The Balaban J connectivity index is 1.57. The van der Waals surface area contributed by atoms with Gasteiger partial charge >= 0.3 is 12.2 Å². The molecule has 0 spiro atoms. The molecule has 0 bridgehead atoms. The van der Waals surface area contributed by atoms with Crippen molar-refractivity contribution >= 4 is 55.6 Å². The maximum Gasteiger partial charge on any atom is 0.417 e. The molecule has 4 rings (SSSR count). The predicted molar refractivity (Wildman–Crippen MR) is 163 cm³/mol. The first kappa shape index (κ1) is 30.7. The number of amides is 2. The molecular weight excluding hydrogens is 584 g/mol. The second kappa shape index (κ2) is 12.3. The van der Waals surface area contributed by atoms with Gasteiger partial charge in [-0.3, -0.25) is 15.4 Å². The standard InChI is InChI=1S/C27H32N6O7S2/c1-27(2,3)31-42(4,38)23-15-17(30-26(35)40-19-8-6-18(7-9-19)33(36)37)5-10-21(23)22-16-29-25(41-22)32-13-11-20(12-14-32)39-24(28)34/h5-10,15-16,20H,4,11-14H2,1-3H3,(H2,28,34)(H,30,35)(H,31,38). The molecule has 1 aliphatic heterocycles. The number of non-ortho nitro benzene ring substituents is 1. The third kappa shape index (κ3) is 7.96.